The van der Waals surface area contributed by atoms with Gasteiger partial charge in [0.15, 0.2) is 0 Å². The van der Waals surface area contributed by atoms with Crippen LogP contribution in [0.15, 0.2) is 24.3 Å². The molecule has 0 radical (unpaired) electrons. The van der Waals surface area contributed by atoms with Crippen molar-refractivity contribution in [3.05, 3.63) is 29.8 Å². The van der Waals surface area contributed by atoms with Gasteiger partial charge in [-0.25, -0.2) is 0 Å². The highest BCUT2D eigenvalue weighted by Gasteiger charge is 2.17. The lowest BCUT2D eigenvalue weighted by molar-refractivity contribution is -0.133. The number of rotatable bonds is 9. The van der Waals surface area contributed by atoms with Crippen molar-refractivity contribution < 1.29 is 17.4 Å². The highest BCUT2D eigenvalue weighted by atomic mass is 32.2. The van der Waals surface area contributed by atoms with E-state index < -0.39 is 10.1 Å². The third-order valence-electron chi connectivity index (χ3n) is 3.54. The highest BCUT2D eigenvalue weighted by molar-refractivity contribution is 7.87. The second-order valence-corrected chi connectivity index (χ2v) is 7.65. The highest BCUT2D eigenvalue weighted by Crippen LogP contribution is 2.17. The molecule has 0 spiro atoms. The first-order valence-corrected chi connectivity index (χ1v) is 9.67. The van der Waals surface area contributed by atoms with Gasteiger partial charge in [-0.3, -0.25) is 4.79 Å². The predicted molar refractivity (Wildman–Crippen MR) is 91.7 cm³/mol. The van der Waals surface area contributed by atoms with Crippen LogP contribution in [0, 0.1) is 0 Å². The molecule has 0 saturated carbocycles. The minimum atomic E-state index is -3.51. The van der Waals surface area contributed by atoms with Crippen LogP contribution in [0.1, 0.15) is 52.5 Å². The van der Waals surface area contributed by atoms with Crippen molar-refractivity contribution in [1.82, 2.24) is 4.90 Å². The van der Waals surface area contributed by atoms with Gasteiger partial charge in [0.1, 0.15) is 5.75 Å². The summed E-state index contributed by atoms with van der Waals surface area (Å²) in [6, 6.07) is 6.96. The molecule has 1 amide bonds. The van der Waals surface area contributed by atoms with E-state index in [1.54, 1.807) is 24.3 Å². The number of unbranched alkanes of at least 4 members (excludes halogenated alkanes) is 1. The Morgan fingerprint density at radius 1 is 1.17 bits per heavy atom. The van der Waals surface area contributed by atoms with Gasteiger partial charge in [0.25, 0.3) is 0 Å². The van der Waals surface area contributed by atoms with E-state index in [1.165, 1.54) is 6.92 Å². The van der Waals surface area contributed by atoms with Crippen LogP contribution in [0.25, 0.3) is 0 Å². The van der Waals surface area contributed by atoms with E-state index in [4.69, 9.17) is 4.18 Å². The van der Waals surface area contributed by atoms with E-state index in [-0.39, 0.29) is 17.7 Å². The molecule has 5 nitrogen and oxygen atoms in total. The third-order valence-corrected chi connectivity index (χ3v) is 4.69. The Morgan fingerprint density at radius 3 is 2.26 bits per heavy atom. The van der Waals surface area contributed by atoms with E-state index in [0.29, 0.717) is 18.7 Å². The van der Waals surface area contributed by atoms with Crippen molar-refractivity contribution in [3.63, 3.8) is 0 Å². The summed E-state index contributed by atoms with van der Waals surface area (Å²) < 4.78 is 27.8. The minimum absolute atomic E-state index is 0.0676. The first-order chi connectivity index (χ1) is 10.8. The molecule has 0 bridgehead atoms. The topological polar surface area (TPSA) is 63.7 Å². The largest absolute Gasteiger partial charge is 0.382 e. The molecule has 0 aliphatic rings. The quantitative estimate of drug-likeness (QED) is 0.646. The maximum atomic E-state index is 12.3. The predicted octanol–water partition coefficient (Wildman–Crippen LogP) is 3.34. The fraction of sp³-hybridized carbons (Fsp3) is 0.588. The second kappa shape index (κ2) is 8.91. The van der Waals surface area contributed by atoms with Crippen LogP contribution in [-0.2, 0) is 21.5 Å². The van der Waals surface area contributed by atoms with Gasteiger partial charge in [-0.1, -0.05) is 25.5 Å². The van der Waals surface area contributed by atoms with Gasteiger partial charge >= 0.3 is 10.1 Å². The monoisotopic (exact) mass is 341 g/mol. The Morgan fingerprint density at radius 2 is 1.78 bits per heavy atom. The Bertz CT molecular complexity index is 594. The number of amides is 1. The maximum absolute atomic E-state index is 12.3. The number of carbonyl (C=O) groups is 1. The molecule has 6 heteroatoms. The molecular formula is C17H27NO4S. The van der Waals surface area contributed by atoms with Crippen molar-refractivity contribution in [2.75, 3.05) is 5.75 Å². The molecule has 0 aliphatic heterocycles. The Labute approximate surface area is 139 Å². The zero-order chi connectivity index (χ0) is 17.5. The van der Waals surface area contributed by atoms with Crippen molar-refractivity contribution in [3.8, 4) is 5.75 Å². The standard InChI is InChI=1S/C17H27NO4S/c1-5-7-8-17(19)18(14(3)4)13-15-9-11-16(12-10-15)22-23(20,21)6-2/h9-12,14H,5-8,13H2,1-4H3. The van der Waals surface area contributed by atoms with Gasteiger partial charge in [0.05, 0.1) is 5.75 Å². The summed E-state index contributed by atoms with van der Waals surface area (Å²) in [4.78, 5) is 14.1. The van der Waals surface area contributed by atoms with Crippen LogP contribution in [0.4, 0.5) is 0 Å². The van der Waals surface area contributed by atoms with Crippen LogP contribution in [0.5, 0.6) is 5.75 Å². The van der Waals surface area contributed by atoms with Gasteiger partial charge in [-0.2, -0.15) is 8.42 Å². The molecular weight excluding hydrogens is 314 g/mol. The Kier molecular flexibility index (Phi) is 7.55. The molecule has 1 aromatic rings. The molecule has 0 heterocycles. The van der Waals surface area contributed by atoms with Gasteiger partial charge in [-0.05, 0) is 44.9 Å². The van der Waals surface area contributed by atoms with E-state index in [1.807, 2.05) is 18.7 Å². The molecule has 0 saturated heterocycles. The van der Waals surface area contributed by atoms with E-state index in [9.17, 15) is 13.2 Å². The van der Waals surface area contributed by atoms with Crippen LogP contribution < -0.4 is 4.18 Å². The van der Waals surface area contributed by atoms with E-state index in [2.05, 4.69) is 6.92 Å². The molecule has 0 fully saturated rings. The minimum Gasteiger partial charge on any atom is -0.382 e. The molecule has 0 atom stereocenters. The third kappa shape index (κ3) is 6.60. The van der Waals surface area contributed by atoms with E-state index in [0.717, 1.165) is 18.4 Å². The van der Waals surface area contributed by atoms with Crippen molar-refractivity contribution >= 4 is 16.0 Å². The smallest absolute Gasteiger partial charge is 0.308 e. The summed E-state index contributed by atoms with van der Waals surface area (Å²) >= 11 is 0. The molecule has 1 aromatic carbocycles. The Balaban J connectivity index is 2.76. The number of hydrogen-bond acceptors (Lipinski definition) is 4. The fourth-order valence-corrected chi connectivity index (χ4v) is 2.61. The first-order valence-electron chi connectivity index (χ1n) is 8.09. The van der Waals surface area contributed by atoms with Crippen molar-refractivity contribution in [2.24, 2.45) is 0 Å². The van der Waals surface area contributed by atoms with Gasteiger partial charge in [-0.15, -0.1) is 0 Å². The zero-order valence-electron chi connectivity index (χ0n) is 14.4. The van der Waals surface area contributed by atoms with Crippen LogP contribution in [0.3, 0.4) is 0 Å². The Hall–Kier alpha value is -1.56. The summed E-state index contributed by atoms with van der Waals surface area (Å²) in [6.07, 6.45) is 2.45. The molecule has 0 aliphatic carbocycles. The lowest BCUT2D eigenvalue weighted by atomic mass is 10.1. The zero-order valence-corrected chi connectivity index (χ0v) is 15.2. The molecule has 0 N–H and O–H groups in total. The summed E-state index contributed by atoms with van der Waals surface area (Å²) in [6.45, 7) is 8.10. The normalized spacial score (nSPS) is 11.5. The van der Waals surface area contributed by atoms with Crippen molar-refractivity contribution in [1.29, 1.82) is 0 Å². The summed E-state index contributed by atoms with van der Waals surface area (Å²) in [7, 11) is -3.51. The van der Waals surface area contributed by atoms with Gasteiger partial charge in [0, 0.05) is 19.0 Å². The summed E-state index contributed by atoms with van der Waals surface area (Å²) in [5.74, 6) is 0.377. The first kappa shape index (κ1) is 19.5. The number of benzene rings is 1. The van der Waals surface area contributed by atoms with Crippen LogP contribution in [-0.4, -0.2) is 31.0 Å². The average Bonchev–Trinajstić information content (AvgIpc) is 2.51. The lowest BCUT2D eigenvalue weighted by Crippen LogP contribution is -2.36. The van der Waals surface area contributed by atoms with Crippen molar-refractivity contribution in [2.45, 2.75) is 59.5 Å². The number of hydrogen-bond donors (Lipinski definition) is 0. The average molecular weight is 341 g/mol. The second-order valence-electron chi connectivity index (χ2n) is 5.79. The number of carbonyl (C=O) groups excluding carboxylic acids is 1. The summed E-state index contributed by atoms with van der Waals surface area (Å²) in [5.41, 5.74) is 0.949. The van der Waals surface area contributed by atoms with E-state index >= 15 is 0 Å². The van der Waals surface area contributed by atoms with Gasteiger partial charge in [0.2, 0.25) is 5.91 Å². The molecule has 0 aromatic heterocycles. The summed E-state index contributed by atoms with van der Waals surface area (Å²) in [5, 5.41) is 0. The molecule has 0 unspecified atom stereocenters. The lowest BCUT2D eigenvalue weighted by Gasteiger charge is -2.27. The maximum Gasteiger partial charge on any atom is 0.308 e. The molecule has 1 rings (SSSR count). The SMILES string of the molecule is CCCCC(=O)N(Cc1ccc(OS(=O)(=O)CC)cc1)C(C)C. The number of nitrogens with zero attached hydrogens (tertiary/aromatic N) is 1. The fourth-order valence-electron chi connectivity index (χ4n) is 2.08. The van der Waals surface area contributed by atoms with Crippen LogP contribution in [0.2, 0.25) is 0 Å². The van der Waals surface area contributed by atoms with Gasteiger partial charge < -0.3 is 9.08 Å². The van der Waals surface area contributed by atoms with Crippen LogP contribution >= 0.6 is 0 Å². The molecule has 23 heavy (non-hydrogen) atoms. The molecule has 130 valence electrons.